The van der Waals surface area contributed by atoms with Gasteiger partial charge in [-0.3, -0.25) is 4.90 Å². The van der Waals surface area contributed by atoms with Gasteiger partial charge in [-0.05, 0) is 11.6 Å². The number of hydrogen-bond acceptors (Lipinski definition) is 4. The minimum atomic E-state index is 0.149. The molecule has 2 aromatic carbocycles. The lowest BCUT2D eigenvalue weighted by atomic mass is 9.95. The normalized spacial score (nSPS) is 21.0. The summed E-state index contributed by atoms with van der Waals surface area (Å²) in [7, 11) is 3.35. The Balaban J connectivity index is 1.78. The second kappa shape index (κ2) is 7.55. The third kappa shape index (κ3) is 3.58. The van der Waals surface area contributed by atoms with E-state index in [-0.39, 0.29) is 6.04 Å². The minimum absolute atomic E-state index is 0.149. The average Bonchev–Trinajstić information content (AvgIpc) is 2.97. The van der Waals surface area contributed by atoms with Crippen molar-refractivity contribution in [1.82, 2.24) is 4.90 Å². The molecule has 24 heavy (non-hydrogen) atoms. The summed E-state index contributed by atoms with van der Waals surface area (Å²) in [6, 6.07) is 14.6. The second-order valence-corrected chi connectivity index (χ2v) is 7.02. The van der Waals surface area contributed by atoms with Crippen molar-refractivity contribution in [2.45, 2.75) is 18.5 Å². The summed E-state index contributed by atoms with van der Waals surface area (Å²) in [5.74, 6) is 1.98. The molecule has 0 aromatic heterocycles. The van der Waals surface area contributed by atoms with Crippen molar-refractivity contribution in [3.63, 3.8) is 0 Å². The first-order chi connectivity index (χ1) is 11.6. The van der Waals surface area contributed by atoms with Gasteiger partial charge in [0, 0.05) is 47.7 Å². The first-order valence-corrected chi connectivity index (χ1v) is 8.85. The lowest BCUT2D eigenvalue weighted by molar-refractivity contribution is 0.312. The molecule has 1 aliphatic heterocycles. The van der Waals surface area contributed by atoms with Gasteiger partial charge in [-0.2, -0.15) is 0 Å². The third-order valence-electron chi connectivity index (χ3n) is 4.63. The molecule has 1 fully saturated rings. The van der Waals surface area contributed by atoms with Gasteiger partial charge in [0.25, 0.3) is 0 Å². The Kier molecular flexibility index (Phi) is 5.43. The summed E-state index contributed by atoms with van der Waals surface area (Å²) in [6.07, 6.45) is 0. The predicted octanol–water partition coefficient (Wildman–Crippen LogP) is 3.39. The van der Waals surface area contributed by atoms with Crippen molar-refractivity contribution in [1.29, 1.82) is 0 Å². The summed E-state index contributed by atoms with van der Waals surface area (Å²) in [5, 5.41) is 0. The van der Waals surface area contributed by atoms with Crippen molar-refractivity contribution < 1.29 is 9.47 Å². The largest absolute Gasteiger partial charge is 0.497 e. The van der Waals surface area contributed by atoms with Crippen LogP contribution >= 0.6 is 15.9 Å². The molecule has 2 aromatic rings. The Bertz CT molecular complexity index is 693. The van der Waals surface area contributed by atoms with E-state index in [1.807, 2.05) is 18.2 Å². The van der Waals surface area contributed by atoms with E-state index in [2.05, 4.69) is 45.1 Å². The van der Waals surface area contributed by atoms with E-state index in [1.165, 1.54) is 5.56 Å². The van der Waals surface area contributed by atoms with Crippen molar-refractivity contribution in [3.05, 3.63) is 58.1 Å². The van der Waals surface area contributed by atoms with Gasteiger partial charge in [0.05, 0.1) is 14.2 Å². The van der Waals surface area contributed by atoms with Crippen LogP contribution in [0.3, 0.4) is 0 Å². The van der Waals surface area contributed by atoms with Crippen LogP contribution in [0.1, 0.15) is 17.0 Å². The molecule has 0 bridgehead atoms. The maximum absolute atomic E-state index is 6.40. The quantitative estimate of drug-likeness (QED) is 0.849. The van der Waals surface area contributed by atoms with Crippen LogP contribution in [0.15, 0.2) is 46.9 Å². The van der Waals surface area contributed by atoms with E-state index >= 15 is 0 Å². The molecule has 1 saturated heterocycles. The highest BCUT2D eigenvalue weighted by molar-refractivity contribution is 9.10. The molecule has 0 aliphatic carbocycles. The van der Waals surface area contributed by atoms with Gasteiger partial charge in [0.2, 0.25) is 0 Å². The second-order valence-electron chi connectivity index (χ2n) is 6.17. The molecule has 1 heterocycles. The number of benzene rings is 2. The molecule has 0 radical (unpaired) electrons. The number of methoxy groups -OCH3 is 2. The molecule has 2 atom stereocenters. The van der Waals surface area contributed by atoms with E-state index in [9.17, 15) is 0 Å². The van der Waals surface area contributed by atoms with Crippen LogP contribution in [0.4, 0.5) is 0 Å². The van der Waals surface area contributed by atoms with E-state index < -0.39 is 0 Å². The fourth-order valence-electron chi connectivity index (χ4n) is 3.36. The maximum Gasteiger partial charge on any atom is 0.128 e. The van der Waals surface area contributed by atoms with E-state index in [0.29, 0.717) is 5.92 Å². The van der Waals surface area contributed by atoms with Crippen molar-refractivity contribution in [3.8, 4) is 11.5 Å². The third-order valence-corrected chi connectivity index (χ3v) is 5.34. The van der Waals surface area contributed by atoms with Gasteiger partial charge in [-0.1, -0.05) is 46.3 Å². The summed E-state index contributed by atoms with van der Waals surface area (Å²) in [6.45, 7) is 2.62. The minimum Gasteiger partial charge on any atom is -0.497 e. The van der Waals surface area contributed by atoms with E-state index in [1.54, 1.807) is 14.2 Å². The molecule has 2 N–H and O–H groups in total. The van der Waals surface area contributed by atoms with Crippen LogP contribution < -0.4 is 15.2 Å². The smallest absolute Gasteiger partial charge is 0.128 e. The maximum atomic E-state index is 6.40. The highest BCUT2D eigenvalue weighted by Gasteiger charge is 2.31. The summed E-state index contributed by atoms with van der Waals surface area (Å²) >= 11 is 3.64. The van der Waals surface area contributed by atoms with E-state index in [4.69, 9.17) is 15.2 Å². The summed E-state index contributed by atoms with van der Waals surface area (Å²) in [4.78, 5) is 2.39. The summed E-state index contributed by atoms with van der Waals surface area (Å²) < 4.78 is 11.9. The molecule has 128 valence electrons. The zero-order chi connectivity index (χ0) is 17.1. The van der Waals surface area contributed by atoms with Crippen LogP contribution in [-0.4, -0.2) is 38.3 Å². The lowest BCUT2D eigenvalue weighted by Gasteiger charge is -2.19. The average molecular weight is 391 g/mol. The van der Waals surface area contributed by atoms with Crippen LogP contribution in [0.2, 0.25) is 0 Å². The Morgan fingerprint density at radius 3 is 2.54 bits per heavy atom. The fourth-order valence-corrected chi connectivity index (χ4v) is 3.91. The first kappa shape index (κ1) is 17.3. The number of halogens is 1. The summed E-state index contributed by atoms with van der Waals surface area (Å²) in [5.41, 5.74) is 8.84. The Labute approximate surface area is 151 Å². The Morgan fingerprint density at radius 2 is 1.88 bits per heavy atom. The standard InChI is InChI=1S/C19H23BrN2O2/c1-23-14-8-17(20)16(19(9-14)24-2)11-22-10-15(18(21)12-22)13-6-4-3-5-7-13/h3-9,15,18H,10-12,21H2,1-2H3/t15-,18+/m0/s1. The molecule has 5 heteroatoms. The molecule has 0 amide bonds. The van der Waals surface area contributed by atoms with Crippen LogP contribution in [0.25, 0.3) is 0 Å². The SMILES string of the molecule is COc1cc(Br)c(CN2C[C@@H](N)[C@H](c3ccccc3)C2)c(OC)c1. The fraction of sp³-hybridized carbons (Fsp3) is 0.368. The Morgan fingerprint density at radius 1 is 1.12 bits per heavy atom. The predicted molar refractivity (Wildman–Crippen MR) is 99.7 cm³/mol. The zero-order valence-electron chi connectivity index (χ0n) is 14.0. The zero-order valence-corrected chi connectivity index (χ0v) is 15.6. The number of hydrogen-bond donors (Lipinski definition) is 1. The number of nitrogens with two attached hydrogens (primary N) is 1. The van der Waals surface area contributed by atoms with Gasteiger partial charge in [0.1, 0.15) is 11.5 Å². The first-order valence-electron chi connectivity index (χ1n) is 8.05. The highest BCUT2D eigenvalue weighted by atomic mass is 79.9. The van der Waals surface area contributed by atoms with Crippen molar-refractivity contribution in [2.24, 2.45) is 5.73 Å². The van der Waals surface area contributed by atoms with E-state index in [0.717, 1.165) is 41.2 Å². The number of ether oxygens (including phenoxy) is 2. The van der Waals surface area contributed by atoms with Gasteiger partial charge < -0.3 is 15.2 Å². The molecule has 0 unspecified atom stereocenters. The van der Waals surface area contributed by atoms with Crippen molar-refractivity contribution >= 4 is 15.9 Å². The highest BCUT2D eigenvalue weighted by Crippen LogP contribution is 2.35. The molecule has 0 saturated carbocycles. The topological polar surface area (TPSA) is 47.7 Å². The number of likely N-dealkylation sites (tertiary alicyclic amines) is 1. The van der Waals surface area contributed by atoms with Crippen LogP contribution in [0.5, 0.6) is 11.5 Å². The van der Waals surface area contributed by atoms with Gasteiger partial charge in [-0.25, -0.2) is 0 Å². The molecule has 0 spiro atoms. The van der Waals surface area contributed by atoms with Gasteiger partial charge in [0.15, 0.2) is 0 Å². The lowest BCUT2D eigenvalue weighted by Crippen LogP contribution is -2.28. The number of nitrogens with zero attached hydrogens (tertiary/aromatic N) is 1. The molecular formula is C19H23BrN2O2. The van der Waals surface area contributed by atoms with Crippen LogP contribution in [0, 0.1) is 0 Å². The Hall–Kier alpha value is -1.56. The van der Waals surface area contributed by atoms with Gasteiger partial charge >= 0.3 is 0 Å². The molecular weight excluding hydrogens is 368 g/mol. The molecule has 3 rings (SSSR count). The number of rotatable bonds is 5. The van der Waals surface area contributed by atoms with Crippen molar-refractivity contribution in [2.75, 3.05) is 27.3 Å². The van der Waals surface area contributed by atoms with Gasteiger partial charge in [-0.15, -0.1) is 0 Å². The molecule has 1 aliphatic rings. The molecule has 4 nitrogen and oxygen atoms in total. The monoisotopic (exact) mass is 390 g/mol. The van der Waals surface area contributed by atoms with Crippen LogP contribution in [-0.2, 0) is 6.54 Å².